The highest BCUT2D eigenvalue weighted by molar-refractivity contribution is 5.75. The molecule has 2 aliphatic carbocycles. The standard InChI is InChI=1S/C20H31N3O/c1-14-17(9-11-19(21)23-14)13-22-20(24)12-10-16-7-4-6-15-5-2-3-8-18(15)16/h9,11,15-16,18H,2-8,10,12-13H2,1H3,(H2,21,23)(H,22,24)/t15?,16?,18-/m1/s1. The lowest BCUT2D eigenvalue weighted by Crippen LogP contribution is -2.32. The number of carbonyl (C=O) groups excluding carboxylic acids is 1. The third kappa shape index (κ3) is 4.28. The van der Waals surface area contributed by atoms with Crippen molar-refractivity contribution in [1.29, 1.82) is 0 Å². The summed E-state index contributed by atoms with van der Waals surface area (Å²) >= 11 is 0. The number of anilines is 1. The molecule has 2 unspecified atom stereocenters. The van der Waals surface area contributed by atoms with Gasteiger partial charge in [-0.15, -0.1) is 0 Å². The third-order valence-corrected chi connectivity index (χ3v) is 6.16. The van der Waals surface area contributed by atoms with Crippen molar-refractivity contribution in [2.75, 3.05) is 5.73 Å². The normalized spacial score (nSPS) is 26.6. The summed E-state index contributed by atoms with van der Waals surface area (Å²) in [5, 5.41) is 3.05. The van der Waals surface area contributed by atoms with Gasteiger partial charge in [0, 0.05) is 18.7 Å². The van der Waals surface area contributed by atoms with Gasteiger partial charge in [0.15, 0.2) is 0 Å². The molecule has 4 heteroatoms. The molecular weight excluding hydrogens is 298 g/mol. The molecule has 132 valence electrons. The van der Waals surface area contributed by atoms with Crippen LogP contribution < -0.4 is 11.1 Å². The van der Waals surface area contributed by atoms with Crippen LogP contribution in [0.15, 0.2) is 12.1 Å². The number of rotatable bonds is 5. The first-order chi connectivity index (χ1) is 11.6. The number of nitrogens with zero attached hydrogens (tertiary/aromatic N) is 1. The van der Waals surface area contributed by atoms with E-state index in [0.29, 0.717) is 18.8 Å². The average Bonchev–Trinajstić information content (AvgIpc) is 2.59. The van der Waals surface area contributed by atoms with Gasteiger partial charge in [-0.1, -0.05) is 44.6 Å². The van der Waals surface area contributed by atoms with Gasteiger partial charge in [0.25, 0.3) is 0 Å². The predicted octanol–water partition coefficient (Wildman–Crippen LogP) is 3.98. The number of nitrogens with two attached hydrogens (primary N) is 1. The summed E-state index contributed by atoms with van der Waals surface area (Å²) in [6, 6.07) is 3.74. The second-order valence-electron chi connectivity index (χ2n) is 7.70. The van der Waals surface area contributed by atoms with Crippen LogP contribution in [0.1, 0.15) is 69.0 Å². The molecule has 3 atom stereocenters. The van der Waals surface area contributed by atoms with Crippen LogP contribution >= 0.6 is 0 Å². The van der Waals surface area contributed by atoms with Crippen molar-refractivity contribution in [3.8, 4) is 0 Å². The number of carbonyl (C=O) groups is 1. The van der Waals surface area contributed by atoms with Crippen LogP contribution in [0, 0.1) is 24.7 Å². The van der Waals surface area contributed by atoms with Crippen LogP contribution in [0.25, 0.3) is 0 Å². The third-order valence-electron chi connectivity index (χ3n) is 6.16. The quantitative estimate of drug-likeness (QED) is 0.858. The van der Waals surface area contributed by atoms with E-state index < -0.39 is 0 Å². The molecule has 0 saturated heterocycles. The molecule has 0 aromatic carbocycles. The first-order valence-corrected chi connectivity index (χ1v) is 9.62. The summed E-state index contributed by atoms with van der Waals surface area (Å²) in [6.45, 7) is 2.48. The molecule has 1 heterocycles. The maximum absolute atomic E-state index is 12.2. The van der Waals surface area contributed by atoms with Crippen molar-refractivity contribution < 1.29 is 4.79 Å². The molecule has 2 aliphatic rings. The Morgan fingerprint density at radius 1 is 1.21 bits per heavy atom. The molecule has 0 radical (unpaired) electrons. The van der Waals surface area contributed by atoms with Gasteiger partial charge in [-0.2, -0.15) is 0 Å². The summed E-state index contributed by atoms with van der Waals surface area (Å²) in [4.78, 5) is 16.5. The van der Waals surface area contributed by atoms with Gasteiger partial charge in [-0.3, -0.25) is 4.79 Å². The molecule has 1 aromatic heterocycles. The number of hydrogen-bond donors (Lipinski definition) is 2. The van der Waals surface area contributed by atoms with Gasteiger partial charge in [-0.25, -0.2) is 4.98 Å². The van der Waals surface area contributed by atoms with Crippen molar-refractivity contribution in [2.24, 2.45) is 17.8 Å². The molecule has 24 heavy (non-hydrogen) atoms. The number of fused-ring (bicyclic) bond motifs is 1. The minimum atomic E-state index is 0.171. The molecule has 4 nitrogen and oxygen atoms in total. The fraction of sp³-hybridized carbons (Fsp3) is 0.700. The van der Waals surface area contributed by atoms with Crippen LogP contribution in [0.2, 0.25) is 0 Å². The Kier molecular flexibility index (Phi) is 5.75. The molecule has 2 fully saturated rings. The summed E-state index contributed by atoms with van der Waals surface area (Å²) < 4.78 is 0. The first-order valence-electron chi connectivity index (χ1n) is 9.62. The second kappa shape index (κ2) is 8.00. The molecule has 3 N–H and O–H groups in total. The highest BCUT2D eigenvalue weighted by atomic mass is 16.1. The molecule has 3 rings (SSSR count). The number of aryl methyl sites for hydroxylation is 1. The predicted molar refractivity (Wildman–Crippen MR) is 97.3 cm³/mol. The molecule has 1 aromatic rings. The Labute approximate surface area is 145 Å². The van der Waals surface area contributed by atoms with Gasteiger partial charge < -0.3 is 11.1 Å². The van der Waals surface area contributed by atoms with Crippen LogP contribution in [0.3, 0.4) is 0 Å². The van der Waals surface area contributed by atoms with E-state index in [4.69, 9.17) is 5.73 Å². The Morgan fingerprint density at radius 3 is 2.83 bits per heavy atom. The SMILES string of the molecule is Cc1nc(N)ccc1CNC(=O)CCC1CCCC2CCCC[C@H]21. The van der Waals surface area contributed by atoms with Crippen LogP contribution in [0.4, 0.5) is 5.82 Å². The van der Waals surface area contributed by atoms with Crippen molar-refractivity contribution in [1.82, 2.24) is 10.3 Å². The Balaban J connectivity index is 1.45. The highest BCUT2D eigenvalue weighted by Crippen LogP contribution is 2.45. The lowest BCUT2D eigenvalue weighted by atomic mass is 9.64. The monoisotopic (exact) mass is 329 g/mol. The van der Waals surface area contributed by atoms with Gasteiger partial charge in [0.2, 0.25) is 5.91 Å². The number of pyridine rings is 1. The van der Waals surface area contributed by atoms with Gasteiger partial charge >= 0.3 is 0 Å². The summed E-state index contributed by atoms with van der Waals surface area (Å²) in [5.41, 5.74) is 7.61. The van der Waals surface area contributed by atoms with Crippen molar-refractivity contribution >= 4 is 11.7 Å². The maximum Gasteiger partial charge on any atom is 0.220 e. The lowest BCUT2D eigenvalue weighted by Gasteiger charge is -2.41. The number of hydrogen-bond acceptors (Lipinski definition) is 3. The van der Waals surface area contributed by atoms with E-state index in [0.717, 1.165) is 35.4 Å². The zero-order chi connectivity index (χ0) is 16.9. The van der Waals surface area contributed by atoms with E-state index in [-0.39, 0.29) is 5.91 Å². The van der Waals surface area contributed by atoms with E-state index in [1.165, 1.54) is 44.9 Å². The fourth-order valence-electron chi connectivity index (χ4n) is 4.82. The highest BCUT2D eigenvalue weighted by Gasteiger charge is 2.34. The van der Waals surface area contributed by atoms with E-state index in [1.54, 1.807) is 6.07 Å². The number of nitrogens with one attached hydrogen (secondary N) is 1. The number of aromatic nitrogens is 1. The molecular formula is C20H31N3O. The molecule has 0 spiro atoms. The fourth-order valence-corrected chi connectivity index (χ4v) is 4.82. The molecule has 0 bridgehead atoms. The number of nitrogen functional groups attached to an aromatic ring is 1. The summed E-state index contributed by atoms with van der Waals surface area (Å²) in [7, 11) is 0. The molecule has 2 saturated carbocycles. The van der Waals surface area contributed by atoms with E-state index in [9.17, 15) is 4.79 Å². The smallest absolute Gasteiger partial charge is 0.220 e. The molecule has 1 amide bonds. The van der Waals surface area contributed by atoms with Crippen molar-refractivity contribution in [3.63, 3.8) is 0 Å². The maximum atomic E-state index is 12.2. The van der Waals surface area contributed by atoms with Gasteiger partial charge in [0.05, 0.1) is 0 Å². The second-order valence-corrected chi connectivity index (χ2v) is 7.70. The zero-order valence-corrected chi connectivity index (χ0v) is 14.9. The van der Waals surface area contributed by atoms with E-state index in [2.05, 4.69) is 10.3 Å². The minimum absolute atomic E-state index is 0.171. The topological polar surface area (TPSA) is 68.0 Å². The number of amides is 1. The van der Waals surface area contributed by atoms with Crippen molar-refractivity contribution in [2.45, 2.75) is 71.3 Å². The Hall–Kier alpha value is -1.58. The van der Waals surface area contributed by atoms with Gasteiger partial charge in [0.1, 0.15) is 5.82 Å². The minimum Gasteiger partial charge on any atom is -0.384 e. The Bertz CT molecular complexity index is 570. The Morgan fingerprint density at radius 2 is 2.00 bits per heavy atom. The van der Waals surface area contributed by atoms with Crippen LogP contribution in [-0.2, 0) is 11.3 Å². The van der Waals surface area contributed by atoms with Crippen LogP contribution in [0.5, 0.6) is 0 Å². The summed E-state index contributed by atoms with van der Waals surface area (Å²) in [6.07, 6.45) is 11.5. The average molecular weight is 329 g/mol. The van der Waals surface area contributed by atoms with E-state index >= 15 is 0 Å². The van der Waals surface area contributed by atoms with Crippen LogP contribution in [-0.4, -0.2) is 10.9 Å². The van der Waals surface area contributed by atoms with Gasteiger partial charge in [-0.05, 0) is 49.1 Å². The molecule has 0 aliphatic heterocycles. The van der Waals surface area contributed by atoms with Crippen molar-refractivity contribution in [3.05, 3.63) is 23.4 Å². The zero-order valence-electron chi connectivity index (χ0n) is 14.9. The first kappa shape index (κ1) is 17.2. The van der Waals surface area contributed by atoms with E-state index in [1.807, 2.05) is 13.0 Å². The lowest BCUT2D eigenvalue weighted by molar-refractivity contribution is -0.121. The largest absolute Gasteiger partial charge is 0.384 e. The summed E-state index contributed by atoms with van der Waals surface area (Å²) in [5.74, 6) is 3.31.